The molecule has 0 fully saturated rings. The Morgan fingerprint density at radius 2 is 1.70 bits per heavy atom. The van der Waals surface area contributed by atoms with Gasteiger partial charge in [-0.3, -0.25) is 0 Å². The van der Waals surface area contributed by atoms with Gasteiger partial charge in [-0.15, -0.1) is 0 Å². The van der Waals surface area contributed by atoms with Crippen LogP contribution in [0.5, 0.6) is 0 Å². The third-order valence-corrected chi connectivity index (χ3v) is 2.09. The molecule has 0 aliphatic carbocycles. The van der Waals surface area contributed by atoms with E-state index >= 15 is 0 Å². The number of benzene rings is 1. The number of ether oxygens (including phenoxy) is 1. The van der Waals surface area contributed by atoms with E-state index in [-0.39, 0.29) is 5.57 Å². The number of methoxy groups -OCH3 is 1. The second kappa shape index (κ2) is 9.33. The average molecular weight is 274 g/mol. The summed E-state index contributed by atoms with van der Waals surface area (Å²) in [6.07, 6.45) is 3.46. The number of hydrogen-bond donors (Lipinski definition) is 1. The van der Waals surface area contributed by atoms with Gasteiger partial charge in [0, 0.05) is 5.57 Å². The molecule has 0 unspecified atom stereocenters. The van der Waals surface area contributed by atoms with Crippen molar-refractivity contribution < 1.29 is 19.4 Å². The summed E-state index contributed by atoms with van der Waals surface area (Å²) in [5.74, 6) is -1.34. The van der Waals surface area contributed by atoms with E-state index in [0.29, 0.717) is 5.57 Å². The van der Waals surface area contributed by atoms with Gasteiger partial charge in [-0.25, -0.2) is 9.59 Å². The van der Waals surface area contributed by atoms with Crippen LogP contribution in [0, 0.1) is 0 Å². The predicted molar refractivity (Wildman–Crippen MR) is 79.1 cm³/mol. The molecule has 1 rings (SSSR count). The lowest BCUT2D eigenvalue weighted by atomic mass is 10.2. The van der Waals surface area contributed by atoms with Crippen molar-refractivity contribution in [3.8, 4) is 0 Å². The van der Waals surface area contributed by atoms with Crippen LogP contribution in [0.25, 0.3) is 6.08 Å². The average Bonchev–Trinajstić information content (AvgIpc) is 2.45. The van der Waals surface area contributed by atoms with Crippen molar-refractivity contribution in [3.05, 3.63) is 66.3 Å². The molecule has 0 radical (unpaired) electrons. The number of aliphatic carboxylic acids is 1. The van der Waals surface area contributed by atoms with Crippen LogP contribution in [0.15, 0.2) is 60.7 Å². The molecule has 0 aliphatic rings. The van der Waals surface area contributed by atoms with Crippen molar-refractivity contribution in [2.45, 2.75) is 6.92 Å². The van der Waals surface area contributed by atoms with Gasteiger partial charge in [0.2, 0.25) is 0 Å². The Bertz CT molecular complexity index is 501. The van der Waals surface area contributed by atoms with Gasteiger partial charge in [0.15, 0.2) is 0 Å². The fourth-order valence-corrected chi connectivity index (χ4v) is 0.960. The maximum Gasteiger partial charge on any atom is 0.337 e. The van der Waals surface area contributed by atoms with Crippen molar-refractivity contribution in [1.82, 2.24) is 0 Å². The Labute approximate surface area is 118 Å². The quantitative estimate of drug-likeness (QED) is 0.520. The van der Waals surface area contributed by atoms with Crippen LogP contribution >= 0.6 is 0 Å². The van der Waals surface area contributed by atoms with E-state index in [2.05, 4.69) is 17.9 Å². The van der Waals surface area contributed by atoms with E-state index in [1.807, 2.05) is 36.4 Å². The number of carbonyl (C=O) groups excluding carboxylic acids is 1. The lowest BCUT2D eigenvalue weighted by Gasteiger charge is -1.96. The Balaban J connectivity index is 0.000000511. The number of hydrogen-bond acceptors (Lipinski definition) is 3. The molecule has 0 saturated heterocycles. The smallest absolute Gasteiger partial charge is 0.337 e. The van der Waals surface area contributed by atoms with Gasteiger partial charge in [0.1, 0.15) is 0 Å². The third-order valence-electron chi connectivity index (χ3n) is 2.09. The van der Waals surface area contributed by atoms with Gasteiger partial charge in [0.25, 0.3) is 0 Å². The van der Waals surface area contributed by atoms with Gasteiger partial charge in [-0.2, -0.15) is 0 Å². The van der Waals surface area contributed by atoms with Crippen molar-refractivity contribution in [3.63, 3.8) is 0 Å². The van der Waals surface area contributed by atoms with E-state index < -0.39 is 11.9 Å². The second-order valence-electron chi connectivity index (χ2n) is 3.85. The first-order valence-corrected chi connectivity index (χ1v) is 5.77. The van der Waals surface area contributed by atoms with Crippen LogP contribution in [-0.4, -0.2) is 24.2 Å². The Kier molecular flexibility index (Phi) is 8.11. The molecular formula is C16H18O4. The maximum atomic E-state index is 11.0. The monoisotopic (exact) mass is 274 g/mol. The summed E-state index contributed by atoms with van der Waals surface area (Å²) in [6.45, 7) is 8.18. The van der Waals surface area contributed by atoms with Gasteiger partial charge < -0.3 is 9.84 Å². The van der Waals surface area contributed by atoms with E-state index in [1.54, 1.807) is 6.08 Å². The number of carboxylic acid groups (broad SMARTS) is 1. The van der Waals surface area contributed by atoms with Crippen LogP contribution in [0.1, 0.15) is 12.5 Å². The second-order valence-corrected chi connectivity index (χ2v) is 3.85. The Morgan fingerprint density at radius 1 is 1.20 bits per heavy atom. The zero-order chi connectivity index (χ0) is 15.5. The van der Waals surface area contributed by atoms with Gasteiger partial charge in [-0.05, 0) is 18.6 Å². The minimum absolute atomic E-state index is 0.176. The molecule has 1 aromatic carbocycles. The fourth-order valence-electron chi connectivity index (χ4n) is 0.960. The topological polar surface area (TPSA) is 63.6 Å². The van der Waals surface area contributed by atoms with Crippen LogP contribution < -0.4 is 0 Å². The minimum atomic E-state index is -0.935. The highest BCUT2D eigenvalue weighted by atomic mass is 16.5. The predicted octanol–water partition coefficient (Wildman–Crippen LogP) is 3.08. The summed E-state index contributed by atoms with van der Waals surface area (Å²) in [6, 6.07) is 9.69. The van der Waals surface area contributed by atoms with Crippen LogP contribution in [0.2, 0.25) is 0 Å². The molecular weight excluding hydrogens is 256 g/mol. The lowest BCUT2D eigenvalue weighted by Crippen LogP contribution is -2.00. The molecule has 0 amide bonds. The molecule has 20 heavy (non-hydrogen) atoms. The van der Waals surface area contributed by atoms with Gasteiger partial charge >= 0.3 is 11.9 Å². The molecule has 4 heteroatoms. The summed E-state index contributed by atoms with van der Waals surface area (Å²) in [7, 11) is 1.34. The number of esters is 1. The zero-order valence-electron chi connectivity index (χ0n) is 11.6. The standard InChI is InChI=1S/C12H12O2.C4H6O2/c1-10(12(13)14-2)8-9-11-6-4-3-5-7-11;1-3(2)4(5)6/h3-9H,1H2,2H3;1H2,2H3,(H,5,6). The highest BCUT2D eigenvalue weighted by molar-refractivity contribution is 5.91. The summed E-state index contributed by atoms with van der Waals surface area (Å²) in [5.41, 5.74) is 1.55. The number of carboxylic acids is 1. The van der Waals surface area contributed by atoms with Crippen LogP contribution in [0.3, 0.4) is 0 Å². The van der Waals surface area contributed by atoms with Gasteiger partial charge in [0.05, 0.1) is 12.7 Å². The fraction of sp³-hybridized carbons (Fsp3) is 0.125. The molecule has 1 aromatic rings. The molecule has 4 nitrogen and oxygen atoms in total. The number of carbonyl (C=O) groups is 2. The molecule has 106 valence electrons. The Hall–Kier alpha value is -2.62. The molecule has 0 atom stereocenters. The van der Waals surface area contributed by atoms with Crippen molar-refractivity contribution in [2.24, 2.45) is 0 Å². The van der Waals surface area contributed by atoms with E-state index in [9.17, 15) is 9.59 Å². The van der Waals surface area contributed by atoms with E-state index in [0.717, 1.165) is 5.56 Å². The minimum Gasteiger partial charge on any atom is -0.478 e. The normalized spacial score (nSPS) is 9.30. The van der Waals surface area contributed by atoms with Crippen molar-refractivity contribution in [2.75, 3.05) is 7.11 Å². The highest BCUT2D eigenvalue weighted by Gasteiger charge is 2.00. The maximum absolute atomic E-state index is 11.0. The summed E-state index contributed by atoms with van der Waals surface area (Å²) in [4.78, 5) is 20.6. The SMILES string of the molecule is C=C(C)C(=O)O.C=C(C=Cc1ccccc1)C(=O)OC. The van der Waals surface area contributed by atoms with Crippen molar-refractivity contribution >= 4 is 18.0 Å². The van der Waals surface area contributed by atoms with E-state index in [4.69, 9.17) is 5.11 Å². The van der Waals surface area contributed by atoms with Crippen LogP contribution in [0.4, 0.5) is 0 Å². The van der Waals surface area contributed by atoms with Gasteiger partial charge in [-0.1, -0.05) is 49.6 Å². The van der Waals surface area contributed by atoms with E-state index in [1.165, 1.54) is 14.0 Å². The first kappa shape index (κ1) is 17.4. The molecule has 0 bridgehead atoms. The summed E-state index contributed by atoms with van der Waals surface area (Å²) < 4.78 is 4.51. The largest absolute Gasteiger partial charge is 0.478 e. The third kappa shape index (κ3) is 7.66. The first-order chi connectivity index (χ1) is 9.38. The highest BCUT2D eigenvalue weighted by Crippen LogP contribution is 2.04. The Morgan fingerprint density at radius 3 is 2.10 bits per heavy atom. The zero-order valence-corrected chi connectivity index (χ0v) is 11.6. The summed E-state index contributed by atoms with van der Waals surface area (Å²) >= 11 is 0. The molecule has 0 spiro atoms. The first-order valence-electron chi connectivity index (χ1n) is 5.77. The molecule has 0 heterocycles. The molecule has 0 saturated carbocycles. The molecule has 0 aliphatic heterocycles. The lowest BCUT2D eigenvalue weighted by molar-refractivity contribution is -0.135. The molecule has 0 aromatic heterocycles. The summed E-state index contributed by atoms with van der Waals surface area (Å²) in [5, 5.41) is 7.89. The number of rotatable bonds is 4. The molecule has 1 N–H and O–H groups in total. The van der Waals surface area contributed by atoms with Crippen molar-refractivity contribution in [1.29, 1.82) is 0 Å². The van der Waals surface area contributed by atoms with Crippen LogP contribution in [-0.2, 0) is 14.3 Å².